The van der Waals surface area contributed by atoms with Gasteiger partial charge in [-0.05, 0) is 115 Å². The summed E-state index contributed by atoms with van der Waals surface area (Å²) in [6, 6.07) is 7.56. The number of hydrogen-bond acceptors (Lipinski definition) is 6. The van der Waals surface area contributed by atoms with Gasteiger partial charge in [0.15, 0.2) is 0 Å². The van der Waals surface area contributed by atoms with Crippen molar-refractivity contribution in [3.63, 3.8) is 0 Å². The zero-order valence-corrected chi connectivity index (χ0v) is 31.4. The molecule has 4 saturated carbocycles. The molecule has 48 heavy (non-hydrogen) atoms. The maximum atomic E-state index is 14.3. The van der Waals surface area contributed by atoms with Crippen LogP contribution in [-0.2, 0) is 35.2 Å². The smallest absolute Gasteiger partial charge is 0.313 e. The van der Waals surface area contributed by atoms with E-state index in [0.29, 0.717) is 23.3 Å². The van der Waals surface area contributed by atoms with Crippen LogP contribution in [0.1, 0.15) is 126 Å². The van der Waals surface area contributed by atoms with Gasteiger partial charge in [-0.25, -0.2) is 0 Å². The Morgan fingerprint density at radius 2 is 1.46 bits per heavy atom. The van der Waals surface area contributed by atoms with Gasteiger partial charge in [0, 0.05) is 24.3 Å². The average Bonchev–Trinajstić information content (AvgIpc) is 2.98. The summed E-state index contributed by atoms with van der Waals surface area (Å²) in [6.07, 6.45) is 9.91. The van der Waals surface area contributed by atoms with E-state index < -0.39 is 17.6 Å². The van der Waals surface area contributed by atoms with Gasteiger partial charge >= 0.3 is 17.9 Å². The Bertz CT molecular complexity index is 1490. The first-order valence-corrected chi connectivity index (χ1v) is 18.6. The predicted molar refractivity (Wildman–Crippen MR) is 187 cm³/mol. The minimum absolute atomic E-state index is 0.00554. The number of hydrogen-bond donors (Lipinski definition) is 0. The normalized spacial score (nSPS) is 40.9. The molecule has 0 spiro atoms. The molecule has 1 aromatic carbocycles. The summed E-state index contributed by atoms with van der Waals surface area (Å²) < 4.78 is 18.2. The molecule has 0 heterocycles. The van der Waals surface area contributed by atoms with Crippen LogP contribution < -0.4 is 0 Å². The molecule has 1 aromatic rings. The summed E-state index contributed by atoms with van der Waals surface area (Å²) in [5.74, 6) is 0.0911. The number of carbonyl (C=O) groups is 3. The molecular weight excluding hydrogens is 624 g/mol. The summed E-state index contributed by atoms with van der Waals surface area (Å²) in [6.45, 7) is 19.8. The van der Waals surface area contributed by atoms with Gasteiger partial charge in [-0.15, -0.1) is 0 Å². The van der Waals surface area contributed by atoms with Crippen molar-refractivity contribution < 1.29 is 28.6 Å². The molecule has 0 amide bonds. The van der Waals surface area contributed by atoms with Crippen LogP contribution in [0.4, 0.5) is 0 Å². The summed E-state index contributed by atoms with van der Waals surface area (Å²) >= 11 is 6.11. The second-order valence-electron chi connectivity index (χ2n) is 18.3. The van der Waals surface area contributed by atoms with Crippen LogP contribution in [0.2, 0.25) is 5.02 Å². The van der Waals surface area contributed by atoms with E-state index in [1.54, 1.807) is 0 Å². The standard InChI is InChI=1S/C41H57ClO6/c1-25(43)47-31-23-38(7)32(37(5,6)34(31)48-26(2)44)16-17-40(9)33(38)15-14-29-30-22-36(3,4)18-20-41(30,21-19-39(29,40)8)35(45)46-24-27-10-12-28(42)13-11-27/h10-14,30-34H,15-24H2,1-9H3/t30-,31+,32-,33+,34-,38-,39+,40+,41-/m0/s1. The van der Waals surface area contributed by atoms with E-state index in [4.69, 9.17) is 25.8 Å². The highest BCUT2D eigenvalue weighted by Crippen LogP contribution is 2.76. The Hall–Kier alpha value is -2.34. The molecule has 4 fully saturated rings. The third-order valence-corrected chi connectivity index (χ3v) is 15.1. The van der Waals surface area contributed by atoms with E-state index in [1.807, 2.05) is 24.3 Å². The molecule has 0 aliphatic heterocycles. The van der Waals surface area contributed by atoms with Crippen molar-refractivity contribution in [3.05, 3.63) is 46.5 Å². The minimum atomic E-state index is -0.512. The topological polar surface area (TPSA) is 78.9 Å². The molecule has 6 nitrogen and oxygen atoms in total. The lowest BCUT2D eigenvalue weighted by atomic mass is 9.33. The maximum Gasteiger partial charge on any atom is 0.313 e. The van der Waals surface area contributed by atoms with Gasteiger partial charge in [0.1, 0.15) is 18.8 Å². The van der Waals surface area contributed by atoms with E-state index in [9.17, 15) is 14.4 Å². The van der Waals surface area contributed by atoms with Gasteiger partial charge in [0.05, 0.1) is 5.41 Å². The zero-order chi connectivity index (χ0) is 35.1. The van der Waals surface area contributed by atoms with Gasteiger partial charge < -0.3 is 14.2 Å². The quantitative estimate of drug-likeness (QED) is 0.175. The van der Waals surface area contributed by atoms with Crippen LogP contribution in [0, 0.1) is 50.2 Å². The lowest BCUT2D eigenvalue weighted by molar-refractivity contribution is -0.244. The van der Waals surface area contributed by atoms with Crippen molar-refractivity contribution in [2.45, 2.75) is 139 Å². The zero-order valence-electron chi connectivity index (χ0n) is 30.7. The molecular formula is C41H57ClO6. The second kappa shape index (κ2) is 11.9. The first-order chi connectivity index (χ1) is 22.3. The SMILES string of the molecule is CC(=O)O[C@@H]1C[C@]2(C)[C@H]3CC=C4[C@@H]5CC(C)(C)CC[C@]5(C(=O)OCc5ccc(Cl)cc5)CC[C@@]4(C)[C@]3(C)CC[C@H]2C(C)(C)[C@H]1OC(C)=O. The lowest BCUT2D eigenvalue weighted by Crippen LogP contribution is -2.67. The Labute approximate surface area is 293 Å². The van der Waals surface area contributed by atoms with Gasteiger partial charge in [-0.2, -0.15) is 0 Å². The van der Waals surface area contributed by atoms with Crippen LogP contribution >= 0.6 is 11.6 Å². The summed E-state index contributed by atoms with van der Waals surface area (Å²) in [4.78, 5) is 39.0. The van der Waals surface area contributed by atoms with Gasteiger partial charge in [0.25, 0.3) is 0 Å². The first-order valence-electron chi connectivity index (χ1n) is 18.3. The lowest BCUT2D eigenvalue weighted by Gasteiger charge is -2.71. The van der Waals surface area contributed by atoms with E-state index in [2.05, 4.69) is 54.5 Å². The summed E-state index contributed by atoms with van der Waals surface area (Å²) in [5, 5.41) is 0.673. The Morgan fingerprint density at radius 3 is 2.10 bits per heavy atom. The van der Waals surface area contributed by atoms with Crippen LogP contribution in [-0.4, -0.2) is 30.1 Å². The van der Waals surface area contributed by atoms with Gasteiger partial charge in [-0.3, -0.25) is 14.4 Å². The third kappa shape index (κ3) is 5.46. The number of rotatable bonds is 5. The van der Waals surface area contributed by atoms with Crippen LogP contribution in [0.15, 0.2) is 35.9 Å². The number of halogens is 1. The largest absolute Gasteiger partial charge is 0.460 e. The van der Waals surface area contributed by atoms with Crippen LogP contribution in [0.5, 0.6) is 0 Å². The minimum Gasteiger partial charge on any atom is -0.460 e. The molecule has 0 aromatic heterocycles. The highest BCUT2D eigenvalue weighted by atomic mass is 35.5. The van der Waals surface area contributed by atoms with Gasteiger partial charge in [0.2, 0.25) is 0 Å². The van der Waals surface area contributed by atoms with Crippen LogP contribution in [0.3, 0.4) is 0 Å². The Morgan fingerprint density at radius 1 is 0.812 bits per heavy atom. The maximum absolute atomic E-state index is 14.3. The number of ether oxygens (including phenoxy) is 3. The highest BCUT2D eigenvalue weighted by molar-refractivity contribution is 6.30. The van der Waals surface area contributed by atoms with E-state index in [-0.39, 0.29) is 57.5 Å². The second-order valence-corrected chi connectivity index (χ2v) is 18.7. The molecule has 9 atom stereocenters. The molecule has 6 rings (SSSR count). The average molecular weight is 681 g/mol. The number of esters is 3. The fourth-order valence-electron chi connectivity index (χ4n) is 12.3. The molecule has 0 bridgehead atoms. The number of fused-ring (bicyclic) bond motifs is 7. The molecule has 0 unspecified atom stereocenters. The van der Waals surface area contributed by atoms with Crippen LogP contribution in [0.25, 0.3) is 0 Å². The molecule has 5 aliphatic rings. The summed E-state index contributed by atoms with van der Waals surface area (Å²) in [7, 11) is 0. The van der Waals surface area contributed by atoms with Gasteiger partial charge in [-0.1, -0.05) is 83.8 Å². The molecule has 264 valence electrons. The molecule has 0 saturated heterocycles. The molecule has 0 radical (unpaired) electrons. The van der Waals surface area contributed by atoms with Crippen molar-refractivity contribution >= 4 is 29.5 Å². The van der Waals surface area contributed by atoms with Crippen molar-refractivity contribution in [3.8, 4) is 0 Å². The van der Waals surface area contributed by atoms with Crippen molar-refractivity contribution in [1.82, 2.24) is 0 Å². The molecule has 0 N–H and O–H groups in total. The van der Waals surface area contributed by atoms with E-state index in [1.165, 1.54) is 19.4 Å². The number of carbonyl (C=O) groups excluding carboxylic acids is 3. The third-order valence-electron chi connectivity index (χ3n) is 14.8. The summed E-state index contributed by atoms with van der Waals surface area (Å²) in [5.41, 5.74) is 1.49. The number of benzene rings is 1. The fraction of sp³-hybridized carbons (Fsp3) is 0.732. The van der Waals surface area contributed by atoms with E-state index >= 15 is 0 Å². The van der Waals surface area contributed by atoms with Crippen molar-refractivity contribution in [2.24, 2.45) is 50.2 Å². The predicted octanol–water partition coefficient (Wildman–Crippen LogP) is 9.66. The van der Waals surface area contributed by atoms with E-state index in [0.717, 1.165) is 56.9 Å². The first kappa shape index (κ1) is 35.5. The Balaban J connectivity index is 1.36. The van der Waals surface area contributed by atoms with Crippen molar-refractivity contribution in [2.75, 3.05) is 0 Å². The monoisotopic (exact) mass is 680 g/mol. The fourth-order valence-corrected chi connectivity index (χ4v) is 12.4. The number of allylic oxidation sites excluding steroid dienone is 2. The van der Waals surface area contributed by atoms with Crippen molar-refractivity contribution in [1.29, 1.82) is 0 Å². The Kier molecular flexibility index (Phi) is 8.78. The highest BCUT2D eigenvalue weighted by Gasteiger charge is 2.71. The molecule has 7 heteroatoms. The molecule has 5 aliphatic carbocycles.